The molecule has 2 aliphatic carbocycles. The van der Waals surface area contributed by atoms with Crippen molar-refractivity contribution in [2.45, 2.75) is 50.7 Å². The maximum absolute atomic E-state index is 11.9. The second-order valence-corrected chi connectivity index (χ2v) is 9.12. The minimum atomic E-state index is -0.0341. The van der Waals surface area contributed by atoms with Crippen molar-refractivity contribution in [3.63, 3.8) is 0 Å². The number of rotatable bonds is 6. The predicted octanol–water partition coefficient (Wildman–Crippen LogP) is 3.04. The number of ether oxygens (including phenoxy) is 1. The van der Waals surface area contributed by atoms with Gasteiger partial charge in [-0.25, -0.2) is 4.98 Å². The summed E-state index contributed by atoms with van der Waals surface area (Å²) in [6, 6.07) is 7.85. The maximum Gasteiger partial charge on any atom is 0.229 e. The number of anilines is 4. The summed E-state index contributed by atoms with van der Waals surface area (Å²) in [4.78, 5) is 26.0. The van der Waals surface area contributed by atoms with Crippen molar-refractivity contribution in [3.05, 3.63) is 30.0 Å². The Kier molecular flexibility index (Phi) is 4.49. The number of benzene rings is 1. The average molecular weight is 421 g/mol. The molecule has 31 heavy (non-hydrogen) atoms. The first-order chi connectivity index (χ1) is 15.1. The molecule has 8 heteroatoms. The standard InChI is InChI=1S/C23H28N6O2/c1-14(30)19-11-24-23(27-22(19)25-15-2-3-15)26-16-4-7-20-21(10-16)31-13-18-12-28(17-5-6-17)8-9-29(18)20/h4,7,10-11,15,17-18H,2-3,5-6,8-9,12-13H2,1H3,(H2,24,25,26,27). The van der Waals surface area contributed by atoms with E-state index in [-0.39, 0.29) is 5.78 Å². The first-order valence-corrected chi connectivity index (χ1v) is 11.3. The molecular weight excluding hydrogens is 392 g/mol. The second kappa shape index (κ2) is 7.37. The number of Topliss-reactive ketones (excluding diaryl/α,β-unsaturated/α-hetero) is 1. The van der Waals surface area contributed by atoms with Gasteiger partial charge in [-0.2, -0.15) is 4.98 Å². The Morgan fingerprint density at radius 3 is 2.81 bits per heavy atom. The van der Waals surface area contributed by atoms with Crippen molar-refractivity contribution in [1.82, 2.24) is 14.9 Å². The number of ketones is 1. The molecule has 1 unspecified atom stereocenters. The van der Waals surface area contributed by atoms with Gasteiger partial charge in [0.05, 0.1) is 17.3 Å². The van der Waals surface area contributed by atoms with Gasteiger partial charge in [-0.3, -0.25) is 9.69 Å². The van der Waals surface area contributed by atoms with E-state index in [4.69, 9.17) is 4.74 Å². The Balaban J connectivity index is 1.20. The lowest BCUT2D eigenvalue weighted by Gasteiger charge is -2.45. The van der Waals surface area contributed by atoms with E-state index in [0.29, 0.717) is 29.4 Å². The fourth-order valence-electron chi connectivity index (χ4n) is 4.60. The van der Waals surface area contributed by atoms with Crippen LogP contribution >= 0.6 is 0 Å². The molecule has 1 saturated heterocycles. The highest BCUT2D eigenvalue weighted by molar-refractivity contribution is 5.98. The monoisotopic (exact) mass is 420 g/mol. The van der Waals surface area contributed by atoms with Crippen LogP contribution in [-0.4, -0.2) is 65.0 Å². The molecule has 8 nitrogen and oxygen atoms in total. The summed E-state index contributed by atoms with van der Waals surface area (Å²) in [6.07, 6.45) is 6.53. The molecule has 1 aromatic heterocycles. The van der Waals surface area contributed by atoms with Crippen molar-refractivity contribution in [1.29, 1.82) is 0 Å². The maximum atomic E-state index is 11.9. The molecule has 2 saturated carbocycles. The third-order valence-corrected chi connectivity index (χ3v) is 6.62. The fraction of sp³-hybridized carbons (Fsp3) is 0.522. The van der Waals surface area contributed by atoms with Crippen molar-refractivity contribution < 1.29 is 9.53 Å². The van der Waals surface area contributed by atoms with Crippen LogP contribution in [0.1, 0.15) is 43.0 Å². The van der Waals surface area contributed by atoms with Gasteiger partial charge in [0, 0.05) is 49.7 Å². The van der Waals surface area contributed by atoms with Crippen LogP contribution < -0.4 is 20.3 Å². The molecule has 4 aliphatic rings. The molecule has 0 amide bonds. The Morgan fingerprint density at radius 2 is 2.03 bits per heavy atom. The Morgan fingerprint density at radius 1 is 1.16 bits per heavy atom. The molecule has 6 rings (SSSR count). The fourth-order valence-corrected chi connectivity index (χ4v) is 4.60. The molecule has 2 aromatic rings. The number of carbonyl (C=O) groups excluding carboxylic acids is 1. The topological polar surface area (TPSA) is 82.6 Å². The molecule has 3 heterocycles. The zero-order valence-electron chi connectivity index (χ0n) is 17.8. The van der Waals surface area contributed by atoms with E-state index in [2.05, 4.69) is 36.5 Å². The minimum absolute atomic E-state index is 0.0341. The van der Waals surface area contributed by atoms with Gasteiger partial charge in [-0.15, -0.1) is 0 Å². The van der Waals surface area contributed by atoms with Crippen LogP contribution in [0.4, 0.5) is 23.1 Å². The van der Waals surface area contributed by atoms with Gasteiger partial charge in [-0.05, 0) is 44.7 Å². The van der Waals surface area contributed by atoms with Crippen LogP contribution in [0.2, 0.25) is 0 Å². The number of hydrogen-bond donors (Lipinski definition) is 2. The highest BCUT2D eigenvalue weighted by atomic mass is 16.5. The number of fused-ring (bicyclic) bond motifs is 3. The number of carbonyl (C=O) groups is 1. The van der Waals surface area contributed by atoms with Gasteiger partial charge in [0.15, 0.2) is 5.78 Å². The van der Waals surface area contributed by atoms with Crippen LogP contribution in [0.15, 0.2) is 24.4 Å². The lowest BCUT2D eigenvalue weighted by Crippen LogP contribution is -2.57. The highest BCUT2D eigenvalue weighted by Gasteiger charge is 2.38. The van der Waals surface area contributed by atoms with E-state index in [1.54, 1.807) is 13.1 Å². The molecule has 0 spiro atoms. The Bertz CT molecular complexity index is 1020. The number of aromatic nitrogens is 2. The van der Waals surface area contributed by atoms with Gasteiger partial charge >= 0.3 is 0 Å². The molecule has 0 radical (unpaired) electrons. The van der Waals surface area contributed by atoms with Gasteiger partial charge in [0.25, 0.3) is 0 Å². The van der Waals surface area contributed by atoms with E-state index in [0.717, 1.165) is 56.6 Å². The van der Waals surface area contributed by atoms with Crippen LogP contribution in [0.3, 0.4) is 0 Å². The average Bonchev–Trinajstić information content (AvgIpc) is 3.67. The molecule has 2 N–H and O–H groups in total. The number of hydrogen-bond acceptors (Lipinski definition) is 8. The van der Waals surface area contributed by atoms with Gasteiger partial charge < -0.3 is 20.3 Å². The molecule has 3 fully saturated rings. The summed E-state index contributed by atoms with van der Waals surface area (Å²) in [6.45, 7) is 5.54. The molecule has 1 atom stereocenters. The Hall–Kier alpha value is -2.87. The Labute approximate surface area is 182 Å². The minimum Gasteiger partial charge on any atom is -0.489 e. The van der Waals surface area contributed by atoms with Gasteiger partial charge in [0.1, 0.15) is 18.2 Å². The van der Waals surface area contributed by atoms with E-state index in [1.165, 1.54) is 18.5 Å². The van der Waals surface area contributed by atoms with E-state index < -0.39 is 0 Å². The summed E-state index contributed by atoms with van der Waals surface area (Å²) >= 11 is 0. The zero-order chi connectivity index (χ0) is 20.9. The first-order valence-electron chi connectivity index (χ1n) is 11.3. The highest BCUT2D eigenvalue weighted by Crippen LogP contribution is 2.39. The van der Waals surface area contributed by atoms with Crippen molar-refractivity contribution in [3.8, 4) is 5.75 Å². The van der Waals surface area contributed by atoms with E-state index >= 15 is 0 Å². The van der Waals surface area contributed by atoms with Crippen LogP contribution in [0.25, 0.3) is 0 Å². The molecule has 0 bridgehead atoms. The molecule has 2 aliphatic heterocycles. The third-order valence-electron chi connectivity index (χ3n) is 6.62. The van der Waals surface area contributed by atoms with Crippen LogP contribution in [-0.2, 0) is 0 Å². The third kappa shape index (κ3) is 3.80. The second-order valence-electron chi connectivity index (χ2n) is 9.12. The SMILES string of the molecule is CC(=O)c1cnc(Nc2ccc3c(c2)OCC2CN(C4CC4)CCN32)nc1NC1CC1. The summed E-state index contributed by atoms with van der Waals surface area (Å²) in [5.74, 6) is 1.95. The largest absolute Gasteiger partial charge is 0.489 e. The van der Waals surface area contributed by atoms with Gasteiger partial charge in [-0.1, -0.05) is 0 Å². The predicted molar refractivity (Wildman–Crippen MR) is 120 cm³/mol. The smallest absolute Gasteiger partial charge is 0.229 e. The van der Waals surface area contributed by atoms with Crippen molar-refractivity contribution in [2.24, 2.45) is 0 Å². The molecule has 162 valence electrons. The number of nitrogens with one attached hydrogen (secondary N) is 2. The first kappa shape index (κ1) is 18.9. The quantitative estimate of drug-likeness (QED) is 0.690. The normalized spacial score (nSPS) is 22.9. The number of nitrogens with zero attached hydrogens (tertiary/aromatic N) is 4. The zero-order valence-corrected chi connectivity index (χ0v) is 17.8. The number of piperazine rings is 1. The molecular formula is C23H28N6O2. The van der Waals surface area contributed by atoms with Crippen LogP contribution in [0, 0.1) is 0 Å². The van der Waals surface area contributed by atoms with Gasteiger partial charge in [0.2, 0.25) is 5.95 Å². The van der Waals surface area contributed by atoms with E-state index in [9.17, 15) is 4.79 Å². The lowest BCUT2D eigenvalue weighted by molar-refractivity contribution is 0.101. The summed E-state index contributed by atoms with van der Waals surface area (Å²) in [7, 11) is 0. The van der Waals surface area contributed by atoms with Crippen molar-refractivity contribution in [2.75, 3.05) is 41.8 Å². The van der Waals surface area contributed by atoms with Crippen LogP contribution in [0.5, 0.6) is 5.75 Å². The summed E-state index contributed by atoms with van der Waals surface area (Å²) < 4.78 is 6.15. The summed E-state index contributed by atoms with van der Waals surface area (Å²) in [5.41, 5.74) is 2.57. The molecule has 1 aromatic carbocycles. The lowest BCUT2D eigenvalue weighted by atomic mass is 10.1. The summed E-state index contributed by atoms with van der Waals surface area (Å²) in [5, 5.41) is 6.62. The van der Waals surface area contributed by atoms with Crippen molar-refractivity contribution >= 4 is 28.9 Å². The van der Waals surface area contributed by atoms with E-state index in [1.807, 2.05) is 12.1 Å².